The Morgan fingerprint density at radius 2 is 2.25 bits per heavy atom. The molecule has 0 saturated heterocycles. The molecule has 0 aromatic heterocycles. The van der Waals surface area contributed by atoms with Crippen molar-refractivity contribution >= 4 is 18.6 Å². The summed E-state index contributed by atoms with van der Waals surface area (Å²) in [6.45, 7) is 2.00. The van der Waals surface area contributed by atoms with Gasteiger partial charge in [-0.3, -0.25) is 0 Å². The normalized spacial score (nSPS) is 9.38. The van der Waals surface area contributed by atoms with Gasteiger partial charge in [0, 0.05) is 4.90 Å². The van der Waals surface area contributed by atoms with Gasteiger partial charge in [0.05, 0.1) is 24.8 Å². The van der Waals surface area contributed by atoms with Crippen LogP contribution in [-0.2, 0) is 4.74 Å². The van der Waals surface area contributed by atoms with Crippen LogP contribution >= 0.6 is 12.6 Å². The molecule has 0 spiro atoms. The lowest BCUT2D eigenvalue weighted by Gasteiger charge is -2.08. The molecule has 0 saturated carbocycles. The first-order valence-corrected chi connectivity index (χ1v) is 5.07. The second-order valence-corrected chi connectivity index (χ2v) is 3.39. The van der Waals surface area contributed by atoms with E-state index in [-0.39, 0.29) is 12.2 Å². The highest BCUT2D eigenvalue weighted by Crippen LogP contribution is 2.28. The van der Waals surface area contributed by atoms with E-state index in [1.54, 1.807) is 6.92 Å². The molecule has 0 N–H and O–H groups in total. The zero-order valence-electron chi connectivity index (χ0n) is 8.98. The first-order valence-electron chi connectivity index (χ1n) is 4.62. The minimum Gasteiger partial charge on any atom is -0.494 e. The Labute approximate surface area is 99.2 Å². The number of ether oxygens (including phenoxy) is 2. The maximum atomic E-state index is 11.5. The van der Waals surface area contributed by atoms with Crippen LogP contribution in [0, 0.1) is 11.3 Å². The van der Waals surface area contributed by atoms with Crippen molar-refractivity contribution in [3.05, 3.63) is 23.3 Å². The van der Waals surface area contributed by atoms with Crippen molar-refractivity contribution in [1.29, 1.82) is 5.26 Å². The molecule has 84 valence electrons. The zero-order chi connectivity index (χ0) is 12.1. The number of rotatable bonds is 3. The number of esters is 1. The number of hydrogen-bond acceptors (Lipinski definition) is 5. The molecule has 0 unspecified atom stereocenters. The maximum Gasteiger partial charge on any atom is 0.338 e. The Hall–Kier alpha value is -1.67. The van der Waals surface area contributed by atoms with Gasteiger partial charge in [0.15, 0.2) is 0 Å². The summed E-state index contributed by atoms with van der Waals surface area (Å²) in [6.07, 6.45) is 0. The fourth-order valence-corrected chi connectivity index (χ4v) is 1.59. The second kappa shape index (κ2) is 5.42. The first kappa shape index (κ1) is 12.4. The summed E-state index contributed by atoms with van der Waals surface area (Å²) >= 11 is 4.15. The molecule has 0 amide bonds. The summed E-state index contributed by atoms with van der Waals surface area (Å²) in [4.78, 5) is 11.9. The van der Waals surface area contributed by atoms with Crippen molar-refractivity contribution in [1.82, 2.24) is 0 Å². The molecule has 0 radical (unpaired) electrons. The number of nitriles is 1. The lowest BCUT2D eigenvalue weighted by atomic mass is 10.1. The molecule has 0 aliphatic rings. The van der Waals surface area contributed by atoms with Crippen LogP contribution in [-0.4, -0.2) is 19.7 Å². The van der Waals surface area contributed by atoms with Gasteiger partial charge in [-0.15, -0.1) is 12.6 Å². The van der Waals surface area contributed by atoms with Crippen LogP contribution in [0.2, 0.25) is 0 Å². The van der Waals surface area contributed by atoms with Crippen LogP contribution in [0.15, 0.2) is 17.0 Å². The summed E-state index contributed by atoms with van der Waals surface area (Å²) in [5, 5.41) is 8.89. The Morgan fingerprint density at radius 1 is 1.56 bits per heavy atom. The standard InChI is InChI=1S/C11H11NO3S/c1-3-15-11(13)7-4-8(6-12)10(14-2)9(16)5-7/h4-5,16H,3H2,1-2H3. The lowest BCUT2D eigenvalue weighted by Crippen LogP contribution is -2.05. The van der Waals surface area contributed by atoms with E-state index in [9.17, 15) is 4.79 Å². The van der Waals surface area contributed by atoms with Crippen LogP contribution in [0.1, 0.15) is 22.8 Å². The molecule has 0 aliphatic carbocycles. The Bertz CT molecular complexity index is 451. The van der Waals surface area contributed by atoms with Gasteiger partial charge in [0.2, 0.25) is 0 Å². The van der Waals surface area contributed by atoms with E-state index in [4.69, 9.17) is 14.7 Å². The summed E-state index contributed by atoms with van der Waals surface area (Å²) < 4.78 is 9.84. The second-order valence-electron chi connectivity index (χ2n) is 2.91. The van der Waals surface area contributed by atoms with E-state index >= 15 is 0 Å². The minimum atomic E-state index is -0.475. The van der Waals surface area contributed by atoms with Gasteiger partial charge in [-0.2, -0.15) is 5.26 Å². The lowest BCUT2D eigenvalue weighted by molar-refractivity contribution is 0.0526. The minimum absolute atomic E-state index is 0.262. The predicted octanol–water partition coefficient (Wildman–Crippen LogP) is 2.03. The third kappa shape index (κ3) is 2.47. The summed E-state index contributed by atoms with van der Waals surface area (Å²) in [5.74, 6) is -0.115. The van der Waals surface area contributed by atoms with Crippen molar-refractivity contribution in [2.24, 2.45) is 0 Å². The molecule has 0 fully saturated rings. The van der Waals surface area contributed by atoms with Crippen LogP contribution in [0.4, 0.5) is 0 Å². The SMILES string of the molecule is CCOC(=O)c1cc(S)c(OC)c(C#N)c1. The van der Waals surface area contributed by atoms with Crippen molar-refractivity contribution in [3.63, 3.8) is 0 Å². The van der Waals surface area contributed by atoms with Gasteiger partial charge in [-0.1, -0.05) is 0 Å². The van der Waals surface area contributed by atoms with E-state index in [2.05, 4.69) is 12.6 Å². The van der Waals surface area contributed by atoms with Gasteiger partial charge in [-0.25, -0.2) is 4.79 Å². The fourth-order valence-electron chi connectivity index (χ4n) is 1.24. The van der Waals surface area contributed by atoms with E-state index in [0.717, 1.165) is 0 Å². The topological polar surface area (TPSA) is 59.3 Å². The highest BCUT2D eigenvalue weighted by Gasteiger charge is 2.14. The maximum absolute atomic E-state index is 11.5. The van der Waals surface area contributed by atoms with Crippen LogP contribution in [0.25, 0.3) is 0 Å². The monoisotopic (exact) mass is 237 g/mol. The average molecular weight is 237 g/mol. The number of thiol groups is 1. The van der Waals surface area contributed by atoms with Gasteiger partial charge in [0.25, 0.3) is 0 Å². The number of nitrogens with zero attached hydrogens (tertiary/aromatic N) is 1. The van der Waals surface area contributed by atoms with Crippen LogP contribution in [0.3, 0.4) is 0 Å². The van der Waals surface area contributed by atoms with Gasteiger partial charge >= 0.3 is 5.97 Å². The molecule has 0 atom stereocenters. The number of methoxy groups -OCH3 is 1. The van der Waals surface area contributed by atoms with Gasteiger partial charge in [-0.05, 0) is 19.1 Å². The average Bonchev–Trinajstić information content (AvgIpc) is 2.28. The molecule has 5 heteroatoms. The highest BCUT2D eigenvalue weighted by atomic mass is 32.1. The number of benzene rings is 1. The van der Waals surface area contributed by atoms with Gasteiger partial charge < -0.3 is 9.47 Å². The van der Waals surface area contributed by atoms with Crippen molar-refractivity contribution in [3.8, 4) is 11.8 Å². The Kier molecular flexibility index (Phi) is 4.20. The molecule has 1 rings (SSSR count). The van der Waals surface area contributed by atoms with Gasteiger partial charge in [0.1, 0.15) is 11.8 Å². The quantitative estimate of drug-likeness (QED) is 0.645. The zero-order valence-corrected chi connectivity index (χ0v) is 9.88. The van der Waals surface area contributed by atoms with Crippen molar-refractivity contribution < 1.29 is 14.3 Å². The number of hydrogen-bond donors (Lipinski definition) is 1. The molecular formula is C11H11NO3S. The summed E-state index contributed by atoms with van der Waals surface area (Å²) in [6, 6.07) is 4.88. The predicted molar refractivity (Wildman–Crippen MR) is 60.9 cm³/mol. The third-order valence-electron chi connectivity index (χ3n) is 1.91. The Morgan fingerprint density at radius 3 is 2.75 bits per heavy atom. The van der Waals surface area contributed by atoms with Crippen molar-refractivity contribution in [2.45, 2.75) is 11.8 Å². The van der Waals surface area contributed by atoms with Crippen LogP contribution < -0.4 is 4.74 Å². The Balaban J connectivity index is 3.21. The molecule has 4 nitrogen and oxygen atoms in total. The van der Waals surface area contributed by atoms with E-state index < -0.39 is 5.97 Å². The molecular weight excluding hydrogens is 226 g/mol. The highest BCUT2D eigenvalue weighted by molar-refractivity contribution is 7.80. The summed E-state index contributed by atoms with van der Waals surface area (Å²) in [7, 11) is 1.44. The van der Waals surface area contributed by atoms with Crippen molar-refractivity contribution in [2.75, 3.05) is 13.7 Å². The fraction of sp³-hybridized carbons (Fsp3) is 0.273. The molecule has 1 aromatic carbocycles. The third-order valence-corrected chi connectivity index (χ3v) is 2.24. The van der Waals surface area contributed by atoms with E-state index in [0.29, 0.717) is 16.2 Å². The largest absolute Gasteiger partial charge is 0.494 e. The molecule has 1 aromatic rings. The summed E-state index contributed by atoms with van der Waals surface area (Å²) in [5.41, 5.74) is 0.558. The van der Waals surface area contributed by atoms with E-state index in [1.165, 1.54) is 19.2 Å². The number of carbonyl (C=O) groups is 1. The molecule has 0 bridgehead atoms. The van der Waals surface area contributed by atoms with E-state index in [1.807, 2.05) is 6.07 Å². The smallest absolute Gasteiger partial charge is 0.338 e. The van der Waals surface area contributed by atoms with Crippen LogP contribution in [0.5, 0.6) is 5.75 Å². The molecule has 0 aliphatic heterocycles. The molecule has 16 heavy (non-hydrogen) atoms. The molecule has 0 heterocycles. The number of carbonyl (C=O) groups excluding carboxylic acids is 1. The first-order chi connectivity index (χ1) is 7.63.